The maximum Gasteiger partial charge on any atom is 0.255 e. The van der Waals surface area contributed by atoms with E-state index >= 15 is 0 Å². The summed E-state index contributed by atoms with van der Waals surface area (Å²) in [5, 5.41) is 2.55. The average molecular weight is 403 g/mol. The first-order chi connectivity index (χ1) is 14.4. The fourth-order valence-corrected chi connectivity index (χ4v) is 3.01. The van der Waals surface area contributed by atoms with Gasteiger partial charge in [0.2, 0.25) is 0 Å². The first-order valence-electron chi connectivity index (χ1n) is 9.05. The smallest absolute Gasteiger partial charge is 0.255 e. The van der Waals surface area contributed by atoms with Crippen molar-refractivity contribution in [3.05, 3.63) is 101 Å². The molecule has 3 aromatic carbocycles. The van der Waals surface area contributed by atoms with Gasteiger partial charge in [0, 0.05) is 23.0 Å². The molecule has 5 nitrogen and oxygen atoms in total. The zero-order valence-corrected chi connectivity index (χ0v) is 15.8. The van der Waals surface area contributed by atoms with Crippen LogP contribution >= 0.6 is 0 Å². The van der Waals surface area contributed by atoms with Gasteiger partial charge >= 0.3 is 0 Å². The van der Waals surface area contributed by atoms with Crippen molar-refractivity contribution >= 4 is 28.4 Å². The fraction of sp³-hybridized carbons (Fsp3) is 0.0435. The molecule has 30 heavy (non-hydrogen) atoms. The Balaban J connectivity index is 1.64. The molecule has 0 fully saturated rings. The minimum atomic E-state index is -0.723. The summed E-state index contributed by atoms with van der Waals surface area (Å²) in [6.45, 7) is 1.78. The van der Waals surface area contributed by atoms with Crippen molar-refractivity contribution in [3.63, 3.8) is 0 Å². The number of carbonyl (C=O) groups excluding carboxylic acids is 2. The topological polar surface area (TPSA) is 72.0 Å². The zero-order valence-electron chi connectivity index (χ0n) is 15.8. The van der Waals surface area contributed by atoms with Crippen LogP contribution in [0.2, 0.25) is 0 Å². The van der Waals surface area contributed by atoms with Gasteiger partial charge in [-0.25, -0.2) is 13.8 Å². The standard InChI is InChI=1S/C23H15F2N3O2/c1-13-12-26-20-8-5-14(10-21(20)27-13)22(29)18-11-17(6-7-19(18)25)28-23(30)15-3-2-4-16(24)9-15/h2-12H,1H3,(H,28,30). The molecule has 0 spiro atoms. The Morgan fingerprint density at radius 1 is 0.900 bits per heavy atom. The fourth-order valence-electron chi connectivity index (χ4n) is 3.01. The molecule has 0 radical (unpaired) electrons. The number of hydrogen-bond donors (Lipinski definition) is 1. The molecule has 0 bridgehead atoms. The highest BCUT2D eigenvalue weighted by molar-refractivity contribution is 6.11. The van der Waals surface area contributed by atoms with E-state index in [0.717, 1.165) is 12.1 Å². The average Bonchev–Trinajstić information content (AvgIpc) is 2.74. The van der Waals surface area contributed by atoms with Gasteiger partial charge in [-0.15, -0.1) is 0 Å². The molecule has 1 N–H and O–H groups in total. The summed E-state index contributed by atoms with van der Waals surface area (Å²) in [6.07, 6.45) is 1.62. The molecule has 0 saturated heterocycles. The second-order valence-electron chi connectivity index (χ2n) is 6.70. The number of carbonyl (C=O) groups is 2. The number of aromatic nitrogens is 2. The van der Waals surface area contributed by atoms with E-state index in [-0.39, 0.29) is 22.4 Å². The normalized spacial score (nSPS) is 10.8. The van der Waals surface area contributed by atoms with Gasteiger partial charge in [-0.05, 0) is 61.5 Å². The Hall–Kier alpha value is -4.00. The molecule has 0 unspecified atom stereocenters. The number of benzene rings is 3. The summed E-state index contributed by atoms with van der Waals surface area (Å²) < 4.78 is 27.7. The number of fused-ring (bicyclic) bond motifs is 1. The monoisotopic (exact) mass is 403 g/mol. The van der Waals surface area contributed by atoms with Crippen molar-refractivity contribution in [2.45, 2.75) is 6.92 Å². The highest BCUT2D eigenvalue weighted by Crippen LogP contribution is 2.21. The van der Waals surface area contributed by atoms with Crippen LogP contribution in [0.4, 0.5) is 14.5 Å². The predicted molar refractivity (Wildman–Crippen MR) is 108 cm³/mol. The molecule has 4 rings (SSSR count). The highest BCUT2D eigenvalue weighted by Gasteiger charge is 2.17. The summed E-state index contributed by atoms with van der Waals surface area (Å²) in [5.74, 6) is -2.40. The van der Waals surface area contributed by atoms with Crippen molar-refractivity contribution in [1.82, 2.24) is 9.97 Å². The molecule has 4 aromatic rings. The molecular formula is C23H15F2N3O2. The van der Waals surface area contributed by atoms with Crippen LogP contribution in [0.5, 0.6) is 0 Å². The molecule has 148 valence electrons. The predicted octanol–water partition coefficient (Wildman–Crippen LogP) is 4.70. The number of anilines is 1. The number of ketones is 1. The lowest BCUT2D eigenvalue weighted by atomic mass is 10.0. The third-order valence-electron chi connectivity index (χ3n) is 4.48. The van der Waals surface area contributed by atoms with Crippen molar-refractivity contribution < 1.29 is 18.4 Å². The Labute approximate surface area is 170 Å². The largest absolute Gasteiger partial charge is 0.322 e. The number of nitrogens with one attached hydrogen (secondary N) is 1. The second kappa shape index (κ2) is 7.79. The summed E-state index contributed by atoms with van der Waals surface area (Å²) in [4.78, 5) is 33.8. The SMILES string of the molecule is Cc1cnc2ccc(C(=O)c3cc(NC(=O)c4cccc(F)c4)ccc3F)cc2n1. The Bertz CT molecular complexity index is 1300. The van der Waals surface area contributed by atoms with Crippen molar-refractivity contribution in [3.8, 4) is 0 Å². The van der Waals surface area contributed by atoms with Crippen molar-refractivity contribution in [2.75, 3.05) is 5.32 Å². The van der Waals surface area contributed by atoms with Gasteiger partial charge in [0.05, 0.1) is 22.3 Å². The lowest BCUT2D eigenvalue weighted by molar-refractivity contribution is 0.101. The molecule has 0 aliphatic heterocycles. The van der Waals surface area contributed by atoms with Crippen LogP contribution in [0.3, 0.4) is 0 Å². The van der Waals surface area contributed by atoms with E-state index in [1.54, 1.807) is 31.3 Å². The molecule has 0 aliphatic carbocycles. The van der Waals surface area contributed by atoms with Gasteiger partial charge < -0.3 is 5.32 Å². The number of rotatable bonds is 4. The van der Waals surface area contributed by atoms with Crippen molar-refractivity contribution in [1.29, 1.82) is 0 Å². The zero-order chi connectivity index (χ0) is 21.3. The van der Waals surface area contributed by atoms with Gasteiger partial charge in [-0.1, -0.05) is 6.07 Å². The Morgan fingerprint density at radius 3 is 2.53 bits per heavy atom. The number of halogens is 2. The third-order valence-corrected chi connectivity index (χ3v) is 4.48. The van der Waals surface area contributed by atoms with E-state index < -0.39 is 23.3 Å². The van der Waals surface area contributed by atoms with Crippen LogP contribution in [0.1, 0.15) is 32.0 Å². The number of hydrogen-bond acceptors (Lipinski definition) is 4. The Kier molecular flexibility index (Phi) is 5.02. The van der Waals surface area contributed by atoms with Gasteiger partial charge in [0.1, 0.15) is 11.6 Å². The van der Waals surface area contributed by atoms with E-state index in [4.69, 9.17) is 0 Å². The molecular weight excluding hydrogens is 388 g/mol. The molecule has 7 heteroatoms. The molecule has 1 amide bonds. The molecule has 1 aromatic heterocycles. The maximum atomic E-state index is 14.4. The maximum absolute atomic E-state index is 14.4. The van der Waals surface area contributed by atoms with E-state index in [9.17, 15) is 18.4 Å². The van der Waals surface area contributed by atoms with E-state index in [2.05, 4.69) is 15.3 Å². The summed E-state index contributed by atoms with van der Waals surface area (Å²) in [5.41, 5.74) is 2.20. The number of nitrogens with zero attached hydrogens (tertiary/aromatic N) is 2. The molecule has 0 saturated carbocycles. The Morgan fingerprint density at radius 2 is 1.73 bits per heavy atom. The highest BCUT2D eigenvalue weighted by atomic mass is 19.1. The van der Waals surface area contributed by atoms with Crippen LogP contribution in [0.25, 0.3) is 11.0 Å². The second-order valence-corrected chi connectivity index (χ2v) is 6.70. The van der Waals surface area contributed by atoms with E-state index in [0.29, 0.717) is 16.7 Å². The lowest BCUT2D eigenvalue weighted by Gasteiger charge is -2.09. The number of amides is 1. The minimum absolute atomic E-state index is 0.107. The summed E-state index contributed by atoms with van der Waals surface area (Å²) >= 11 is 0. The van der Waals surface area contributed by atoms with Gasteiger partial charge in [0.25, 0.3) is 5.91 Å². The van der Waals surface area contributed by atoms with Gasteiger partial charge in [0.15, 0.2) is 5.78 Å². The molecule has 0 aliphatic rings. The van der Waals surface area contributed by atoms with Gasteiger partial charge in [-0.3, -0.25) is 14.6 Å². The van der Waals surface area contributed by atoms with Crippen LogP contribution in [-0.4, -0.2) is 21.7 Å². The third kappa shape index (κ3) is 3.91. The van der Waals surface area contributed by atoms with Crippen LogP contribution in [0.15, 0.2) is 66.9 Å². The first kappa shape index (κ1) is 19.3. The molecule has 1 heterocycles. The lowest BCUT2D eigenvalue weighted by Crippen LogP contribution is -2.13. The first-order valence-corrected chi connectivity index (χ1v) is 9.05. The summed E-state index contributed by atoms with van der Waals surface area (Å²) in [6, 6.07) is 13.6. The minimum Gasteiger partial charge on any atom is -0.322 e. The van der Waals surface area contributed by atoms with Crippen LogP contribution in [0, 0.1) is 18.6 Å². The van der Waals surface area contributed by atoms with Gasteiger partial charge in [-0.2, -0.15) is 0 Å². The van der Waals surface area contributed by atoms with E-state index in [1.165, 1.54) is 30.3 Å². The van der Waals surface area contributed by atoms with Crippen LogP contribution in [-0.2, 0) is 0 Å². The quantitative estimate of drug-likeness (QED) is 0.502. The molecule has 0 atom stereocenters. The summed E-state index contributed by atoms with van der Waals surface area (Å²) in [7, 11) is 0. The number of aryl methyl sites for hydroxylation is 1. The van der Waals surface area contributed by atoms with E-state index in [1.807, 2.05) is 0 Å². The van der Waals surface area contributed by atoms with Crippen LogP contribution < -0.4 is 5.32 Å². The van der Waals surface area contributed by atoms with Crippen molar-refractivity contribution in [2.24, 2.45) is 0 Å².